The predicted octanol–water partition coefficient (Wildman–Crippen LogP) is 1.43. The van der Waals surface area contributed by atoms with Crippen molar-refractivity contribution in [3.63, 3.8) is 0 Å². The molecular formula is C13H12N2O. The van der Waals surface area contributed by atoms with E-state index in [9.17, 15) is 4.79 Å². The number of hydrogen-bond acceptors (Lipinski definition) is 2. The van der Waals surface area contributed by atoms with Crippen LogP contribution in [0.5, 0.6) is 0 Å². The van der Waals surface area contributed by atoms with Crippen LogP contribution in [0.1, 0.15) is 18.4 Å². The minimum atomic E-state index is -0.808. The molecule has 1 aromatic carbocycles. The molecule has 0 radical (unpaired) electrons. The van der Waals surface area contributed by atoms with Gasteiger partial charge in [-0.05, 0) is 12.5 Å². The number of benzene rings is 1. The van der Waals surface area contributed by atoms with Gasteiger partial charge in [-0.25, -0.2) is 0 Å². The first kappa shape index (κ1) is 11.8. The molecule has 80 valence electrons. The highest BCUT2D eigenvalue weighted by Crippen LogP contribution is 2.14. The van der Waals surface area contributed by atoms with Crippen LogP contribution in [0.4, 0.5) is 0 Å². The molecule has 2 unspecified atom stereocenters. The summed E-state index contributed by atoms with van der Waals surface area (Å²) in [6.07, 6.45) is 5.15. The number of nitrogens with zero attached hydrogens (tertiary/aromatic N) is 1. The van der Waals surface area contributed by atoms with E-state index in [0.29, 0.717) is 5.56 Å². The Morgan fingerprint density at radius 2 is 2.06 bits per heavy atom. The zero-order valence-electron chi connectivity index (χ0n) is 8.97. The fraction of sp³-hybridized carbons (Fsp3) is 0.231. The number of rotatable bonds is 3. The van der Waals surface area contributed by atoms with Crippen molar-refractivity contribution in [3.05, 3.63) is 35.9 Å². The van der Waals surface area contributed by atoms with E-state index < -0.39 is 5.92 Å². The van der Waals surface area contributed by atoms with Crippen molar-refractivity contribution in [1.82, 2.24) is 5.32 Å². The standard InChI is InChI=1S/C13H12N2O/c1-3-10(2)15-13(16)12(9-14)11-7-5-4-6-8-11/h1,4-8,10,12H,2H3,(H,15,16). The highest BCUT2D eigenvalue weighted by atomic mass is 16.1. The maximum absolute atomic E-state index is 11.7. The summed E-state index contributed by atoms with van der Waals surface area (Å²) in [6.45, 7) is 1.69. The maximum Gasteiger partial charge on any atom is 0.242 e. The van der Waals surface area contributed by atoms with Crippen LogP contribution in [0.3, 0.4) is 0 Å². The quantitative estimate of drug-likeness (QED) is 0.770. The van der Waals surface area contributed by atoms with E-state index in [2.05, 4.69) is 11.2 Å². The van der Waals surface area contributed by atoms with Gasteiger partial charge in [-0.3, -0.25) is 4.79 Å². The van der Waals surface area contributed by atoms with Crippen LogP contribution in [0.25, 0.3) is 0 Å². The summed E-state index contributed by atoms with van der Waals surface area (Å²) in [4.78, 5) is 11.7. The van der Waals surface area contributed by atoms with Crippen LogP contribution in [0.2, 0.25) is 0 Å². The number of amides is 1. The first-order valence-electron chi connectivity index (χ1n) is 4.90. The van der Waals surface area contributed by atoms with Crippen molar-refractivity contribution in [3.8, 4) is 18.4 Å². The summed E-state index contributed by atoms with van der Waals surface area (Å²) >= 11 is 0. The Morgan fingerprint density at radius 1 is 1.44 bits per heavy atom. The van der Waals surface area contributed by atoms with Gasteiger partial charge in [-0.2, -0.15) is 5.26 Å². The molecule has 0 bridgehead atoms. The summed E-state index contributed by atoms with van der Waals surface area (Å²) in [6, 6.07) is 10.5. The third kappa shape index (κ3) is 2.87. The minimum absolute atomic E-state index is 0.362. The molecular weight excluding hydrogens is 200 g/mol. The molecule has 1 amide bonds. The number of terminal acetylenes is 1. The monoisotopic (exact) mass is 212 g/mol. The maximum atomic E-state index is 11.7. The zero-order valence-corrected chi connectivity index (χ0v) is 8.97. The van der Waals surface area contributed by atoms with Gasteiger partial charge < -0.3 is 5.32 Å². The van der Waals surface area contributed by atoms with E-state index in [1.807, 2.05) is 12.1 Å². The largest absolute Gasteiger partial charge is 0.341 e. The summed E-state index contributed by atoms with van der Waals surface area (Å²) in [5.74, 6) is 1.21. The number of carbonyl (C=O) groups excluding carboxylic acids is 1. The molecule has 1 aromatic rings. The second-order valence-corrected chi connectivity index (χ2v) is 3.37. The van der Waals surface area contributed by atoms with Crippen molar-refractivity contribution in [1.29, 1.82) is 5.26 Å². The van der Waals surface area contributed by atoms with E-state index in [-0.39, 0.29) is 11.9 Å². The van der Waals surface area contributed by atoms with Gasteiger partial charge in [0.25, 0.3) is 0 Å². The lowest BCUT2D eigenvalue weighted by molar-refractivity contribution is -0.121. The van der Waals surface area contributed by atoms with Gasteiger partial charge in [-0.1, -0.05) is 36.3 Å². The number of nitrogens with one attached hydrogen (secondary N) is 1. The molecule has 2 atom stereocenters. The van der Waals surface area contributed by atoms with E-state index >= 15 is 0 Å². The Hall–Kier alpha value is -2.26. The Labute approximate surface area is 95.1 Å². The molecule has 0 aromatic heterocycles. The minimum Gasteiger partial charge on any atom is -0.341 e. The van der Waals surface area contributed by atoms with E-state index in [0.717, 1.165) is 0 Å². The lowest BCUT2D eigenvalue weighted by atomic mass is 10.00. The van der Waals surface area contributed by atoms with Gasteiger partial charge in [0.2, 0.25) is 5.91 Å². The van der Waals surface area contributed by atoms with E-state index in [1.54, 1.807) is 31.2 Å². The number of carbonyl (C=O) groups is 1. The molecule has 1 rings (SSSR count). The molecule has 3 heteroatoms. The average Bonchev–Trinajstić information content (AvgIpc) is 2.31. The summed E-state index contributed by atoms with van der Waals surface area (Å²) in [5.41, 5.74) is 0.673. The molecule has 1 N–H and O–H groups in total. The molecule has 0 aliphatic heterocycles. The summed E-state index contributed by atoms with van der Waals surface area (Å²) < 4.78 is 0. The van der Waals surface area contributed by atoms with E-state index in [4.69, 9.17) is 11.7 Å². The second-order valence-electron chi connectivity index (χ2n) is 3.37. The summed E-state index contributed by atoms with van der Waals surface area (Å²) in [5, 5.41) is 11.6. The molecule has 0 aliphatic rings. The van der Waals surface area contributed by atoms with E-state index in [1.165, 1.54) is 0 Å². The van der Waals surface area contributed by atoms with Crippen LogP contribution < -0.4 is 5.32 Å². The molecule has 0 saturated heterocycles. The molecule has 0 aliphatic carbocycles. The molecule has 0 saturated carbocycles. The highest BCUT2D eigenvalue weighted by Gasteiger charge is 2.20. The Bertz CT molecular complexity index is 439. The molecule has 0 spiro atoms. The third-order valence-corrected chi connectivity index (χ3v) is 2.13. The van der Waals surface area contributed by atoms with Gasteiger partial charge in [0.05, 0.1) is 12.1 Å². The fourth-order valence-electron chi connectivity index (χ4n) is 1.27. The first-order chi connectivity index (χ1) is 7.69. The lowest BCUT2D eigenvalue weighted by Crippen LogP contribution is -2.35. The van der Waals surface area contributed by atoms with Crippen molar-refractivity contribution in [2.75, 3.05) is 0 Å². The van der Waals surface area contributed by atoms with Gasteiger partial charge in [0, 0.05) is 0 Å². The van der Waals surface area contributed by atoms with Crippen LogP contribution in [0.15, 0.2) is 30.3 Å². The molecule has 0 heterocycles. The molecule has 3 nitrogen and oxygen atoms in total. The molecule has 16 heavy (non-hydrogen) atoms. The first-order valence-corrected chi connectivity index (χ1v) is 4.90. The van der Waals surface area contributed by atoms with Gasteiger partial charge in [-0.15, -0.1) is 6.42 Å². The smallest absolute Gasteiger partial charge is 0.242 e. The Morgan fingerprint density at radius 3 is 2.56 bits per heavy atom. The summed E-state index contributed by atoms with van der Waals surface area (Å²) in [7, 11) is 0. The fourth-order valence-corrected chi connectivity index (χ4v) is 1.27. The number of hydrogen-bond donors (Lipinski definition) is 1. The number of nitriles is 1. The normalized spacial score (nSPS) is 12.9. The predicted molar refractivity (Wildman–Crippen MR) is 61.2 cm³/mol. The van der Waals surface area contributed by atoms with Gasteiger partial charge in [0.15, 0.2) is 0 Å². The topological polar surface area (TPSA) is 52.9 Å². The lowest BCUT2D eigenvalue weighted by Gasteiger charge is -2.12. The van der Waals surface area contributed by atoms with Gasteiger partial charge in [0.1, 0.15) is 5.92 Å². The van der Waals surface area contributed by atoms with Crippen molar-refractivity contribution in [2.24, 2.45) is 0 Å². The van der Waals surface area contributed by atoms with Crippen molar-refractivity contribution in [2.45, 2.75) is 18.9 Å². The zero-order chi connectivity index (χ0) is 12.0. The van der Waals surface area contributed by atoms with Crippen molar-refractivity contribution >= 4 is 5.91 Å². The van der Waals surface area contributed by atoms with Crippen LogP contribution in [-0.2, 0) is 4.79 Å². The Kier molecular flexibility index (Phi) is 4.12. The molecule has 0 fully saturated rings. The van der Waals surface area contributed by atoms with Crippen LogP contribution >= 0.6 is 0 Å². The highest BCUT2D eigenvalue weighted by molar-refractivity contribution is 5.86. The van der Waals surface area contributed by atoms with Crippen LogP contribution in [0, 0.1) is 23.7 Å². The Balaban J connectivity index is 2.82. The van der Waals surface area contributed by atoms with Gasteiger partial charge >= 0.3 is 0 Å². The third-order valence-electron chi connectivity index (χ3n) is 2.13. The SMILES string of the molecule is C#CC(C)NC(=O)C(C#N)c1ccccc1. The average molecular weight is 212 g/mol. The van der Waals surface area contributed by atoms with Crippen LogP contribution in [-0.4, -0.2) is 11.9 Å². The second kappa shape index (κ2) is 5.58. The van der Waals surface area contributed by atoms with Crippen molar-refractivity contribution < 1.29 is 4.79 Å².